The molecule has 0 aliphatic heterocycles. The average Bonchev–Trinajstić information content (AvgIpc) is 2.49. The maximum Gasteiger partial charge on any atom is 0.319 e. The summed E-state index contributed by atoms with van der Waals surface area (Å²) in [6.45, 7) is 5.69. The maximum absolute atomic E-state index is 12.2. The normalized spacial score (nSPS) is 12.7. The Morgan fingerprint density at radius 1 is 1.05 bits per heavy atom. The van der Waals surface area contributed by atoms with Crippen molar-refractivity contribution in [2.45, 2.75) is 12.3 Å². The van der Waals surface area contributed by atoms with E-state index in [9.17, 15) is 9.90 Å². The number of carbonyl (C=O) groups is 1. The molecule has 20 heavy (non-hydrogen) atoms. The van der Waals surface area contributed by atoms with Gasteiger partial charge in [-0.3, -0.25) is 4.79 Å². The quantitative estimate of drug-likeness (QED) is 0.834. The van der Waals surface area contributed by atoms with Crippen LogP contribution in [-0.2, 0) is 10.2 Å². The van der Waals surface area contributed by atoms with Crippen LogP contribution in [0.1, 0.15) is 18.1 Å². The van der Waals surface area contributed by atoms with Gasteiger partial charge in [-0.1, -0.05) is 73.7 Å². The summed E-state index contributed by atoms with van der Waals surface area (Å²) >= 11 is 0. The van der Waals surface area contributed by atoms with E-state index in [2.05, 4.69) is 6.58 Å². The molecule has 0 fully saturated rings. The predicted molar refractivity (Wildman–Crippen MR) is 80.7 cm³/mol. The summed E-state index contributed by atoms with van der Waals surface area (Å²) in [6.07, 6.45) is 1.70. The van der Waals surface area contributed by atoms with Crippen LogP contribution < -0.4 is 0 Å². The topological polar surface area (TPSA) is 37.3 Å². The van der Waals surface area contributed by atoms with Crippen LogP contribution in [0.4, 0.5) is 0 Å². The zero-order valence-electron chi connectivity index (χ0n) is 11.5. The van der Waals surface area contributed by atoms with Crippen molar-refractivity contribution in [1.29, 1.82) is 0 Å². The molecule has 0 aromatic heterocycles. The molecule has 0 aliphatic carbocycles. The highest BCUT2D eigenvalue weighted by atomic mass is 16.4. The molecular weight excluding hydrogens is 248 g/mol. The molecule has 0 saturated carbocycles. The second kappa shape index (κ2) is 5.74. The Hall–Kier alpha value is -2.35. The summed E-state index contributed by atoms with van der Waals surface area (Å²) in [6, 6.07) is 18.7. The number of carboxylic acids is 1. The highest BCUT2D eigenvalue weighted by Crippen LogP contribution is 2.40. The van der Waals surface area contributed by atoms with E-state index >= 15 is 0 Å². The van der Waals surface area contributed by atoms with Crippen molar-refractivity contribution in [2.75, 3.05) is 0 Å². The highest BCUT2D eigenvalue weighted by Gasteiger charge is 2.45. The third-order valence-electron chi connectivity index (χ3n) is 3.83. The van der Waals surface area contributed by atoms with Crippen molar-refractivity contribution in [3.05, 3.63) is 84.4 Å². The molecule has 0 heterocycles. The summed E-state index contributed by atoms with van der Waals surface area (Å²) in [5.41, 5.74) is 0.432. The van der Waals surface area contributed by atoms with Crippen molar-refractivity contribution in [1.82, 2.24) is 0 Å². The first-order valence-electron chi connectivity index (χ1n) is 6.61. The SMILES string of the molecule is C=CC(C)C(C(=O)O)(c1ccccc1)c1ccccc1. The van der Waals surface area contributed by atoms with Crippen LogP contribution in [-0.4, -0.2) is 11.1 Å². The van der Waals surface area contributed by atoms with E-state index in [1.807, 2.05) is 67.6 Å². The van der Waals surface area contributed by atoms with Gasteiger partial charge in [-0.2, -0.15) is 0 Å². The van der Waals surface area contributed by atoms with Gasteiger partial charge in [0.05, 0.1) is 0 Å². The number of benzene rings is 2. The first-order chi connectivity index (χ1) is 9.64. The van der Waals surface area contributed by atoms with Crippen LogP contribution in [0.25, 0.3) is 0 Å². The van der Waals surface area contributed by atoms with Gasteiger partial charge < -0.3 is 5.11 Å². The maximum atomic E-state index is 12.2. The Morgan fingerprint density at radius 2 is 1.45 bits per heavy atom. The minimum atomic E-state index is -1.11. The van der Waals surface area contributed by atoms with Crippen LogP contribution in [0, 0.1) is 5.92 Å². The Bertz CT molecular complexity index is 548. The largest absolute Gasteiger partial charge is 0.480 e. The zero-order valence-corrected chi connectivity index (χ0v) is 11.5. The van der Waals surface area contributed by atoms with E-state index in [-0.39, 0.29) is 5.92 Å². The van der Waals surface area contributed by atoms with Crippen molar-refractivity contribution in [3.8, 4) is 0 Å². The number of hydrogen-bond donors (Lipinski definition) is 1. The summed E-state index contributed by atoms with van der Waals surface area (Å²) < 4.78 is 0. The Kier molecular flexibility index (Phi) is 4.04. The third kappa shape index (κ3) is 2.14. The molecule has 1 N–H and O–H groups in total. The molecule has 2 aromatic rings. The van der Waals surface area contributed by atoms with Gasteiger partial charge in [0.2, 0.25) is 0 Å². The minimum absolute atomic E-state index is 0.232. The summed E-state index contributed by atoms with van der Waals surface area (Å²) in [5.74, 6) is -1.09. The van der Waals surface area contributed by atoms with Crippen molar-refractivity contribution in [3.63, 3.8) is 0 Å². The third-order valence-corrected chi connectivity index (χ3v) is 3.83. The number of aliphatic carboxylic acids is 1. The molecule has 102 valence electrons. The molecule has 0 radical (unpaired) electrons. The molecule has 2 nitrogen and oxygen atoms in total. The first kappa shape index (κ1) is 14.1. The molecule has 2 aromatic carbocycles. The molecule has 0 spiro atoms. The molecule has 2 rings (SSSR count). The van der Waals surface area contributed by atoms with Crippen LogP contribution >= 0.6 is 0 Å². The van der Waals surface area contributed by atoms with Crippen LogP contribution in [0.2, 0.25) is 0 Å². The lowest BCUT2D eigenvalue weighted by atomic mass is 9.66. The molecule has 0 bridgehead atoms. The van der Waals surface area contributed by atoms with Crippen LogP contribution in [0.5, 0.6) is 0 Å². The van der Waals surface area contributed by atoms with Crippen LogP contribution in [0.3, 0.4) is 0 Å². The standard InChI is InChI=1S/C18H18O2/c1-3-14(2)18(17(19)20,15-10-6-4-7-11-15)16-12-8-5-9-13-16/h3-14H,1H2,2H3,(H,19,20). The van der Waals surface area contributed by atoms with Gasteiger partial charge in [0.15, 0.2) is 0 Å². The minimum Gasteiger partial charge on any atom is -0.480 e. The van der Waals surface area contributed by atoms with E-state index < -0.39 is 11.4 Å². The molecule has 2 heteroatoms. The van der Waals surface area contributed by atoms with Gasteiger partial charge in [0, 0.05) is 0 Å². The van der Waals surface area contributed by atoms with Gasteiger partial charge in [-0.25, -0.2) is 0 Å². The molecule has 0 aliphatic rings. The fraction of sp³-hybridized carbons (Fsp3) is 0.167. The second-order valence-electron chi connectivity index (χ2n) is 4.87. The smallest absolute Gasteiger partial charge is 0.319 e. The lowest BCUT2D eigenvalue weighted by Gasteiger charge is -2.35. The fourth-order valence-corrected chi connectivity index (χ4v) is 2.71. The molecular formula is C18H18O2. The number of hydrogen-bond acceptors (Lipinski definition) is 1. The van der Waals surface area contributed by atoms with Crippen molar-refractivity contribution in [2.24, 2.45) is 5.92 Å². The van der Waals surface area contributed by atoms with E-state index in [1.54, 1.807) is 6.08 Å². The molecule has 1 atom stereocenters. The number of carboxylic acid groups (broad SMARTS) is 1. The molecule has 1 unspecified atom stereocenters. The average molecular weight is 266 g/mol. The molecule has 0 amide bonds. The van der Waals surface area contributed by atoms with Gasteiger partial charge in [-0.15, -0.1) is 6.58 Å². The lowest BCUT2D eigenvalue weighted by molar-refractivity contribution is -0.143. The number of allylic oxidation sites excluding steroid dienone is 1. The zero-order chi connectivity index (χ0) is 14.6. The van der Waals surface area contributed by atoms with Gasteiger partial charge in [0.1, 0.15) is 5.41 Å². The van der Waals surface area contributed by atoms with E-state index in [0.717, 1.165) is 11.1 Å². The van der Waals surface area contributed by atoms with Crippen molar-refractivity contribution < 1.29 is 9.90 Å². The van der Waals surface area contributed by atoms with Gasteiger partial charge in [-0.05, 0) is 17.0 Å². The van der Waals surface area contributed by atoms with Crippen molar-refractivity contribution >= 4 is 5.97 Å². The Labute approximate surface area is 119 Å². The van der Waals surface area contributed by atoms with E-state index in [4.69, 9.17) is 0 Å². The fourth-order valence-electron chi connectivity index (χ4n) is 2.71. The second-order valence-corrected chi connectivity index (χ2v) is 4.87. The lowest BCUT2D eigenvalue weighted by Crippen LogP contribution is -2.42. The summed E-state index contributed by atoms with van der Waals surface area (Å²) in [7, 11) is 0. The summed E-state index contributed by atoms with van der Waals surface area (Å²) in [5, 5.41) is 9.98. The first-order valence-corrected chi connectivity index (χ1v) is 6.61. The summed E-state index contributed by atoms with van der Waals surface area (Å²) in [4.78, 5) is 12.2. The van der Waals surface area contributed by atoms with Gasteiger partial charge in [0.25, 0.3) is 0 Å². The highest BCUT2D eigenvalue weighted by molar-refractivity contribution is 5.87. The van der Waals surface area contributed by atoms with E-state index in [1.165, 1.54) is 0 Å². The van der Waals surface area contributed by atoms with Gasteiger partial charge >= 0.3 is 5.97 Å². The number of rotatable bonds is 5. The Morgan fingerprint density at radius 3 is 1.75 bits per heavy atom. The Balaban J connectivity index is 2.77. The monoisotopic (exact) mass is 266 g/mol. The predicted octanol–water partition coefficient (Wildman–Crippen LogP) is 3.88. The van der Waals surface area contributed by atoms with Crippen LogP contribution in [0.15, 0.2) is 73.3 Å². The van der Waals surface area contributed by atoms with E-state index in [0.29, 0.717) is 0 Å². The molecule has 0 saturated heterocycles.